The topological polar surface area (TPSA) is 84.7 Å². The highest BCUT2D eigenvalue weighted by atomic mass is 16.6. The number of carbonyl (C=O) groups is 1. The second kappa shape index (κ2) is 8.63. The highest BCUT2D eigenvalue weighted by Gasteiger charge is 2.19. The Morgan fingerprint density at radius 1 is 1.46 bits per heavy atom. The highest BCUT2D eigenvalue weighted by molar-refractivity contribution is 5.97. The molecule has 1 N–H and O–H groups in total. The molecule has 1 aliphatic rings. The van der Waals surface area contributed by atoms with Gasteiger partial charge in [-0.25, -0.2) is 0 Å². The number of hydrogen-bond donors (Lipinski definition) is 1. The van der Waals surface area contributed by atoms with Crippen molar-refractivity contribution in [3.05, 3.63) is 33.9 Å². The van der Waals surface area contributed by atoms with E-state index in [1.165, 1.54) is 44.6 Å². The Bertz CT molecular complexity index is 591. The molecule has 1 aromatic carbocycles. The lowest BCUT2D eigenvalue weighted by molar-refractivity contribution is -0.384. The molecule has 0 radical (unpaired) electrons. The molecule has 1 heterocycles. The van der Waals surface area contributed by atoms with Crippen LogP contribution in [0.3, 0.4) is 0 Å². The first-order valence-corrected chi connectivity index (χ1v) is 8.37. The standard InChI is InChI=1S/C17H25N3O4/c1-13-6-3-4-10-19(13)11-5-9-18-17(21)15-12-14(20(22)23)7-8-16(15)24-2/h7-8,12-13H,3-6,9-11H2,1-2H3,(H,18,21). The smallest absolute Gasteiger partial charge is 0.270 e. The summed E-state index contributed by atoms with van der Waals surface area (Å²) in [6, 6.07) is 4.63. The maximum Gasteiger partial charge on any atom is 0.270 e. The summed E-state index contributed by atoms with van der Waals surface area (Å²) in [5.41, 5.74) is 0.0705. The number of likely N-dealkylation sites (tertiary alicyclic amines) is 1. The summed E-state index contributed by atoms with van der Waals surface area (Å²) in [5.74, 6) is -0.00926. The molecule has 24 heavy (non-hydrogen) atoms. The first-order chi connectivity index (χ1) is 11.5. The number of nitrogens with one attached hydrogen (secondary N) is 1. The first kappa shape index (κ1) is 18.2. The first-order valence-electron chi connectivity index (χ1n) is 8.37. The minimum absolute atomic E-state index is 0.122. The molecule has 7 nitrogen and oxygen atoms in total. The van der Waals surface area contributed by atoms with E-state index in [0.29, 0.717) is 18.3 Å². The van der Waals surface area contributed by atoms with Crippen LogP contribution in [0, 0.1) is 10.1 Å². The number of carbonyl (C=O) groups excluding carboxylic acids is 1. The fraction of sp³-hybridized carbons (Fsp3) is 0.588. The SMILES string of the molecule is COc1ccc([N+](=O)[O-])cc1C(=O)NCCCN1CCCCC1C. The van der Waals surface area contributed by atoms with Crippen LogP contribution in [0.5, 0.6) is 5.75 Å². The summed E-state index contributed by atoms with van der Waals surface area (Å²) in [6.45, 7) is 4.85. The molecule has 0 aromatic heterocycles. The number of methoxy groups -OCH3 is 1. The fourth-order valence-electron chi connectivity index (χ4n) is 3.06. The van der Waals surface area contributed by atoms with Gasteiger partial charge < -0.3 is 15.0 Å². The van der Waals surface area contributed by atoms with Crippen LogP contribution < -0.4 is 10.1 Å². The summed E-state index contributed by atoms with van der Waals surface area (Å²) in [7, 11) is 1.44. The molecule has 1 saturated heterocycles. The molecule has 0 spiro atoms. The molecular formula is C17H25N3O4. The number of amides is 1. The lowest BCUT2D eigenvalue weighted by Crippen LogP contribution is -2.39. The van der Waals surface area contributed by atoms with Crippen LogP contribution in [0.1, 0.15) is 43.0 Å². The summed E-state index contributed by atoms with van der Waals surface area (Å²) < 4.78 is 5.13. The Hall–Kier alpha value is -2.15. The number of nitro groups is 1. The molecule has 1 atom stereocenters. The average molecular weight is 335 g/mol. The van der Waals surface area contributed by atoms with Crippen LogP contribution in [0.25, 0.3) is 0 Å². The normalized spacial score (nSPS) is 18.2. The molecule has 1 aliphatic heterocycles. The van der Waals surface area contributed by atoms with Crippen LogP contribution in [0.4, 0.5) is 5.69 Å². The van der Waals surface area contributed by atoms with Gasteiger partial charge in [0.2, 0.25) is 0 Å². The third kappa shape index (κ3) is 4.67. The van der Waals surface area contributed by atoms with E-state index in [1.807, 2.05) is 0 Å². The quantitative estimate of drug-likeness (QED) is 0.470. The predicted octanol–water partition coefficient (Wildman–Crippen LogP) is 2.60. The Morgan fingerprint density at radius 3 is 2.92 bits per heavy atom. The zero-order chi connectivity index (χ0) is 17.5. The van der Waals surface area contributed by atoms with Gasteiger partial charge in [-0.1, -0.05) is 6.42 Å². The largest absolute Gasteiger partial charge is 0.496 e. The summed E-state index contributed by atoms with van der Waals surface area (Å²) in [5, 5.41) is 13.7. The van der Waals surface area contributed by atoms with Crippen molar-refractivity contribution in [2.24, 2.45) is 0 Å². The van der Waals surface area contributed by atoms with Gasteiger partial charge in [0.25, 0.3) is 11.6 Å². The number of nitro benzene ring substituents is 1. The van der Waals surface area contributed by atoms with E-state index in [0.717, 1.165) is 19.5 Å². The average Bonchev–Trinajstić information content (AvgIpc) is 2.59. The van der Waals surface area contributed by atoms with E-state index in [-0.39, 0.29) is 17.2 Å². The molecule has 7 heteroatoms. The van der Waals surface area contributed by atoms with Crippen molar-refractivity contribution in [2.45, 2.75) is 38.6 Å². The third-order valence-corrected chi connectivity index (χ3v) is 4.49. The van der Waals surface area contributed by atoms with Gasteiger partial charge in [-0.05, 0) is 38.8 Å². The number of non-ortho nitro benzene ring substituents is 1. The second-order valence-electron chi connectivity index (χ2n) is 6.13. The summed E-state index contributed by atoms with van der Waals surface area (Å²) in [4.78, 5) is 25.1. The molecule has 1 fully saturated rings. The van der Waals surface area contributed by atoms with Crippen LogP contribution in [-0.4, -0.2) is 48.5 Å². The zero-order valence-corrected chi connectivity index (χ0v) is 14.3. The van der Waals surface area contributed by atoms with Gasteiger partial charge in [-0.2, -0.15) is 0 Å². The molecule has 0 saturated carbocycles. The van der Waals surface area contributed by atoms with Crippen molar-refractivity contribution in [1.29, 1.82) is 0 Å². The van der Waals surface area contributed by atoms with Gasteiger partial charge >= 0.3 is 0 Å². The van der Waals surface area contributed by atoms with E-state index in [2.05, 4.69) is 17.1 Å². The van der Waals surface area contributed by atoms with E-state index in [1.54, 1.807) is 0 Å². The second-order valence-corrected chi connectivity index (χ2v) is 6.13. The summed E-state index contributed by atoms with van der Waals surface area (Å²) >= 11 is 0. The molecular weight excluding hydrogens is 310 g/mol. The Labute approximate surface area is 142 Å². The minimum atomic E-state index is -0.520. The number of benzene rings is 1. The van der Waals surface area contributed by atoms with Crippen molar-refractivity contribution >= 4 is 11.6 Å². The van der Waals surface area contributed by atoms with Gasteiger partial charge in [-0.3, -0.25) is 14.9 Å². The lowest BCUT2D eigenvalue weighted by atomic mass is 10.0. The maximum atomic E-state index is 12.3. The van der Waals surface area contributed by atoms with Gasteiger partial charge in [-0.15, -0.1) is 0 Å². The molecule has 1 unspecified atom stereocenters. The minimum Gasteiger partial charge on any atom is -0.496 e. The number of rotatable bonds is 7. The van der Waals surface area contributed by atoms with E-state index in [9.17, 15) is 14.9 Å². The molecule has 0 aliphatic carbocycles. The van der Waals surface area contributed by atoms with Crippen molar-refractivity contribution in [1.82, 2.24) is 10.2 Å². The highest BCUT2D eigenvalue weighted by Crippen LogP contribution is 2.23. The maximum absolute atomic E-state index is 12.3. The van der Waals surface area contributed by atoms with Crippen molar-refractivity contribution in [3.63, 3.8) is 0 Å². The molecule has 1 aromatic rings. The number of nitrogens with zero attached hydrogens (tertiary/aromatic N) is 2. The van der Waals surface area contributed by atoms with Crippen molar-refractivity contribution in [3.8, 4) is 5.75 Å². The fourth-order valence-corrected chi connectivity index (χ4v) is 3.06. The predicted molar refractivity (Wildman–Crippen MR) is 91.5 cm³/mol. The third-order valence-electron chi connectivity index (χ3n) is 4.49. The van der Waals surface area contributed by atoms with Crippen molar-refractivity contribution in [2.75, 3.05) is 26.7 Å². The van der Waals surface area contributed by atoms with Crippen LogP contribution >= 0.6 is 0 Å². The molecule has 132 valence electrons. The van der Waals surface area contributed by atoms with Gasteiger partial charge in [0.05, 0.1) is 17.6 Å². The van der Waals surface area contributed by atoms with Gasteiger partial charge in [0, 0.05) is 31.3 Å². The zero-order valence-electron chi connectivity index (χ0n) is 14.3. The van der Waals surface area contributed by atoms with E-state index >= 15 is 0 Å². The Kier molecular flexibility index (Phi) is 6.54. The van der Waals surface area contributed by atoms with Crippen molar-refractivity contribution < 1.29 is 14.5 Å². The van der Waals surface area contributed by atoms with E-state index in [4.69, 9.17) is 4.74 Å². The Morgan fingerprint density at radius 2 is 2.25 bits per heavy atom. The van der Waals surface area contributed by atoms with Gasteiger partial charge in [0.15, 0.2) is 0 Å². The van der Waals surface area contributed by atoms with E-state index < -0.39 is 4.92 Å². The van der Waals surface area contributed by atoms with Crippen LogP contribution in [0.15, 0.2) is 18.2 Å². The lowest BCUT2D eigenvalue weighted by Gasteiger charge is -2.33. The molecule has 2 rings (SSSR count). The number of piperidine rings is 1. The van der Waals surface area contributed by atoms with Crippen LogP contribution in [-0.2, 0) is 0 Å². The van der Waals surface area contributed by atoms with Gasteiger partial charge in [0.1, 0.15) is 5.75 Å². The molecule has 0 bridgehead atoms. The molecule has 1 amide bonds. The monoisotopic (exact) mass is 335 g/mol. The number of ether oxygens (including phenoxy) is 1. The summed E-state index contributed by atoms with van der Waals surface area (Å²) in [6.07, 6.45) is 4.62. The number of hydrogen-bond acceptors (Lipinski definition) is 5. The van der Waals surface area contributed by atoms with Crippen LogP contribution in [0.2, 0.25) is 0 Å². The Balaban J connectivity index is 1.87.